The van der Waals surface area contributed by atoms with Gasteiger partial charge in [-0.25, -0.2) is 0 Å². The van der Waals surface area contributed by atoms with Crippen molar-refractivity contribution in [2.75, 3.05) is 20.3 Å². The Morgan fingerprint density at radius 1 is 1.14 bits per heavy atom. The maximum Gasteiger partial charge on any atom is 0.314 e. The van der Waals surface area contributed by atoms with E-state index in [9.17, 15) is 14.4 Å². The smallest absolute Gasteiger partial charge is 0.314 e. The van der Waals surface area contributed by atoms with Gasteiger partial charge in [0.05, 0.1) is 24.8 Å². The Hall–Kier alpha value is -3.55. The van der Waals surface area contributed by atoms with Crippen LogP contribution in [0, 0.1) is 5.92 Å². The number of rotatable bonds is 4. The van der Waals surface area contributed by atoms with E-state index < -0.39 is 11.1 Å². The van der Waals surface area contributed by atoms with Gasteiger partial charge in [0, 0.05) is 24.1 Å². The van der Waals surface area contributed by atoms with Crippen LogP contribution in [0.4, 0.5) is 0 Å². The minimum absolute atomic E-state index is 0.154. The van der Waals surface area contributed by atoms with Crippen LogP contribution in [0.5, 0.6) is 11.5 Å². The summed E-state index contributed by atoms with van der Waals surface area (Å²) in [5.41, 5.74) is 0.880. The van der Waals surface area contributed by atoms with Gasteiger partial charge >= 0.3 is 11.1 Å². The third-order valence-corrected chi connectivity index (χ3v) is 4.79. The molecule has 2 heterocycles. The SMILES string of the molecule is COc1ccc2c(c1)OC[C@@H](CNC(=O)c1ccc3[nH]c(=O)c(=O)[nH]c3c1)C2. The average Bonchev–Trinajstić information content (AvgIpc) is 2.72. The lowest BCUT2D eigenvalue weighted by Gasteiger charge is -2.25. The van der Waals surface area contributed by atoms with E-state index >= 15 is 0 Å². The molecule has 1 aliphatic rings. The molecule has 1 aliphatic heterocycles. The second kappa shape index (κ2) is 7.22. The number of methoxy groups -OCH3 is 1. The number of aromatic amines is 2. The first-order chi connectivity index (χ1) is 13.5. The van der Waals surface area contributed by atoms with Gasteiger partial charge < -0.3 is 24.8 Å². The predicted molar refractivity (Wildman–Crippen MR) is 103 cm³/mol. The monoisotopic (exact) mass is 381 g/mol. The van der Waals surface area contributed by atoms with Crippen LogP contribution in [0.3, 0.4) is 0 Å². The third-order valence-electron chi connectivity index (χ3n) is 4.79. The van der Waals surface area contributed by atoms with E-state index in [-0.39, 0.29) is 11.8 Å². The predicted octanol–water partition coefficient (Wildman–Crippen LogP) is 1.21. The van der Waals surface area contributed by atoms with Crippen molar-refractivity contribution in [2.24, 2.45) is 5.92 Å². The van der Waals surface area contributed by atoms with Crippen LogP contribution in [0.25, 0.3) is 11.0 Å². The van der Waals surface area contributed by atoms with Gasteiger partial charge in [0.2, 0.25) is 0 Å². The number of amides is 1. The highest BCUT2D eigenvalue weighted by Gasteiger charge is 2.21. The van der Waals surface area contributed by atoms with Crippen molar-refractivity contribution < 1.29 is 14.3 Å². The molecular formula is C20H19N3O5. The van der Waals surface area contributed by atoms with Gasteiger partial charge in [0.1, 0.15) is 11.5 Å². The zero-order chi connectivity index (χ0) is 19.7. The van der Waals surface area contributed by atoms with E-state index in [4.69, 9.17) is 9.47 Å². The molecule has 0 saturated carbocycles. The molecule has 3 aromatic rings. The van der Waals surface area contributed by atoms with E-state index in [2.05, 4.69) is 15.3 Å². The number of H-pyrrole nitrogens is 2. The molecule has 1 atom stereocenters. The molecule has 1 amide bonds. The van der Waals surface area contributed by atoms with E-state index in [1.807, 2.05) is 18.2 Å². The molecule has 0 bridgehead atoms. The highest BCUT2D eigenvalue weighted by Crippen LogP contribution is 2.30. The lowest BCUT2D eigenvalue weighted by atomic mass is 9.96. The van der Waals surface area contributed by atoms with Crippen LogP contribution >= 0.6 is 0 Å². The number of benzene rings is 2. The first-order valence-electron chi connectivity index (χ1n) is 8.88. The van der Waals surface area contributed by atoms with Gasteiger partial charge in [-0.2, -0.15) is 0 Å². The molecule has 0 radical (unpaired) electrons. The van der Waals surface area contributed by atoms with E-state index in [1.165, 1.54) is 0 Å². The molecule has 28 heavy (non-hydrogen) atoms. The molecule has 8 nitrogen and oxygen atoms in total. The lowest BCUT2D eigenvalue weighted by molar-refractivity contribution is 0.0939. The lowest BCUT2D eigenvalue weighted by Crippen LogP contribution is -2.35. The molecule has 0 fully saturated rings. The fraction of sp³-hybridized carbons (Fsp3) is 0.250. The number of hydrogen-bond acceptors (Lipinski definition) is 5. The van der Waals surface area contributed by atoms with Crippen molar-refractivity contribution in [3.05, 3.63) is 68.2 Å². The van der Waals surface area contributed by atoms with Crippen LogP contribution in [-0.4, -0.2) is 36.1 Å². The normalized spacial score (nSPS) is 15.5. The van der Waals surface area contributed by atoms with Gasteiger partial charge in [-0.1, -0.05) is 6.07 Å². The Labute approximate surface area is 159 Å². The summed E-state index contributed by atoms with van der Waals surface area (Å²) in [5.74, 6) is 1.46. The van der Waals surface area contributed by atoms with Crippen LogP contribution in [-0.2, 0) is 6.42 Å². The first kappa shape index (κ1) is 17.8. The Kier molecular flexibility index (Phi) is 4.60. The summed E-state index contributed by atoms with van der Waals surface area (Å²) in [6.45, 7) is 0.969. The van der Waals surface area contributed by atoms with Crippen molar-refractivity contribution in [3.63, 3.8) is 0 Å². The molecule has 3 N–H and O–H groups in total. The van der Waals surface area contributed by atoms with Crippen molar-refractivity contribution >= 4 is 16.9 Å². The Balaban J connectivity index is 1.43. The molecule has 4 rings (SSSR count). The fourth-order valence-electron chi connectivity index (χ4n) is 3.27. The van der Waals surface area contributed by atoms with E-state index in [1.54, 1.807) is 25.3 Å². The van der Waals surface area contributed by atoms with Gasteiger partial charge in [0.25, 0.3) is 5.91 Å². The van der Waals surface area contributed by atoms with Crippen LogP contribution < -0.4 is 25.9 Å². The quantitative estimate of drug-likeness (QED) is 0.588. The summed E-state index contributed by atoms with van der Waals surface area (Å²) < 4.78 is 11.0. The van der Waals surface area contributed by atoms with Gasteiger partial charge in [0.15, 0.2) is 0 Å². The molecule has 2 aromatic carbocycles. The molecule has 0 unspecified atom stereocenters. The van der Waals surface area contributed by atoms with Crippen molar-refractivity contribution in [3.8, 4) is 11.5 Å². The van der Waals surface area contributed by atoms with Crippen molar-refractivity contribution in [1.82, 2.24) is 15.3 Å². The maximum atomic E-state index is 12.5. The largest absolute Gasteiger partial charge is 0.497 e. The maximum absolute atomic E-state index is 12.5. The standard InChI is InChI=1S/C20H19N3O5/c1-27-14-4-2-12-6-11(10-28-17(12)8-14)9-21-18(24)13-3-5-15-16(7-13)23-20(26)19(25)22-15/h2-5,7-8,11H,6,9-10H2,1H3,(H,21,24)(H,22,25)(H,23,26)/t11-/m1/s1. The molecule has 8 heteroatoms. The zero-order valence-corrected chi connectivity index (χ0v) is 15.2. The fourth-order valence-corrected chi connectivity index (χ4v) is 3.27. The third kappa shape index (κ3) is 3.48. The van der Waals surface area contributed by atoms with Crippen molar-refractivity contribution in [1.29, 1.82) is 0 Å². The van der Waals surface area contributed by atoms with Gasteiger partial charge in [-0.05, 0) is 36.2 Å². The summed E-state index contributed by atoms with van der Waals surface area (Å²) in [5, 5.41) is 2.91. The molecule has 0 saturated heterocycles. The second-order valence-corrected chi connectivity index (χ2v) is 6.73. The molecule has 1 aromatic heterocycles. The topological polar surface area (TPSA) is 113 Å². The molecule has 0 aliphatic carbocycles. The summed E-state index contributed by atoms with van der Waals surface area (Å²) >= 11 is 0. The van der Waals surface area contributed by atoms with Gasteiger partial charge in [-0.3, -0.25) is 14.4 Å². The number of aromatic nitrogens is 2. The number of nitrogens with one attached hydrogen (secondary N) is 3. The summed E-state index contributed by atoms with van der Waals surface area (Å²) in [6, 6.07) is 10.5. The van der Waals surface area contributed by atoms with Crippen LogP contribution in [0.1, 0.15) is 15.9 Å². The number of carbonyl (C=O) groups excluding carboxylic acids is 1. The molecule has 0 spiro atoms. The minimum atomic E-state index is -0.750. The van der Waals surface area contributed by atoms with Crippen LogP contribution in [0.15, 0.2) is 46.0 Å². The van der Waals surface area contributed by atoms with Gasteiger partial charge in [-0.15, -0.1) is 0 Å². The minimum Gasteiger partial charge on any atom is -0.497 e. The Bertz CT molecular complexity index is 1160. The highest BCUT2D eigenvalue weighted by atomic mass is 16.5. The number of fused-ring (bicyclic) bond motifs is 2. The van der Waals surface area contributed by atoms with E-state index in [0.717, 1.165) is 23.5 Å². The molecule has 144 valence electrons. The van der Waals surface area contributed by atoms with E-state index in [0.29, 0.717) is 29.7 Å². The Morgan fingerprint density at radius 3 is 2.71 bits per heavy atom. The van der Waals surface area contributed by atoms with Crippen LogP contribution in [0.2, 0.25) is 0 Å². The Morgan fingerprint density at radius 2 is 1.93 bits per heavy atom. The average molecular weight is 381 g/mol. The summed E-state index contributed by atoms with van der Waals surface area (Å²) in [7, 11) is 1.61. The second-order valence-electron chi connectivity index (χ2n) is 6.73. The number of hydrogen-bond donors (Lipinski definition) is 3. The molecular weight excluding hydrogens is 362 g/mol. The number of ether oxygens (including phenoxy) is 2. The highest BCUT2D eigenvalue weighted by molar-refractivity contribution is 5.97. The summed E-state index contributed by atoms with van der Waals surface area (Å²) in [6.07, 6.45) is 0.798. The zero-order valence-electron chi connectivity index (χ0n) is 15.2. The first-order valence-corrected chi connectivity index (χ1v) is 8.88. The van der Waals surface area contributed by atoms with Crippen molar-refractivity contribution in [2.45, 2.75) is 6.42 Å². The summed E-state index contributed by atoms with van der Waals surface area (Å²) in [4.78, 5) is 40.2. The number of carbonyl (C=O) groups is 1.